The lowest BCUT2D eigenvalue weighted by molar-refractivity contribution is -0.116. The summed E-state index contributed by atoms with van der Waals surface area (Å²) >= 11 is 0. The molecule has 1 atom stereocenters. The second-order valence-corrected chi connectivity index (χ2v) is 6.64. The smallest absolute Gasteiger partial charge is 0.338 e. The zero-order valence-electron chi connectivity index (χ0n) is 16.0. The summed E-state index contributed by atoms with van der Waals surface area (Å²) in [6.45, 7) is 1.67. The predicted octanol–water partition coefficient (Wildman–Crippen LogP) is 3.55. The number of amides is 1. The molecule has 0 saturated heterocycles. The molecule has 8 nitrogen and oxygen atoms in total. The Hall–Kier alpha value is -3.68. The van der Waals surface area contributed by atoms with Gasteiger partial charge in [0.05, 0.1) is 12.7 Å². The number of carbonyl (C=O) groups is 2. The molecule has 1 aliphatic rings. The van der Waals surface area contributed by atoms with Crippen LogP contribution in [-0.4, -0.2) is 29.2 Å². The molecule has 0 aliphatic carbocycles. The second-order valence-electron chi connectivity index (χ2n) is 6.64. The number of ether oxygens (including phenoxy) is 2. The Labute approximate surface area is 166 Å². The van der Waals surface area contributed by atoms with E-state index >= 15 is 0 Å². The molecule has 8 heteroatoms. The average Bonchev–Trinajstić information content (AvgIpc) is 3.24. The number of fused-ring (bicyclic) bond motifs is 1. The molecule has 0 unspecified atom stereocenters. The lowest BCUT2D eigenvalue weighted by Gasteiger charge is -2.17. The van der Waals surface area contributed by atoms with E-state index in [9.17, 15) is 9.59 Å². The highest BCUT2D eigenvalue weighted by molar-refractivity contribution is 5.96. The van der Waals surface area contributed by atoms with E-state index in [-0.39, 0.29) is 11.8 Å². The molecule has 1 amide bonds. The van der Waals surface area contributed by atoms with Crippen molar-refractivity contribution in [3.63, 3.8) is 0 Å². The highest BCUT2D eigenvalue weighted by Crippen LogP contribution is 2.27. The van der Waals surface area contributed by atoms with Crippen molar-refractivity contribution < 1.29 is 23.5 Å². The molecule has 0 spiro atoms. The van der Waals surface area contributed by atoms with Gasteiger partial charge < -0.3 is 19.2 Å². The third-order valence-corrected chi connectivity index (χ3v) is 4.65. The Bertz CT molecular complexity index is 1060. The maximum atomic E-state index is 12.5. The lowest BCUT2D eigenvalue weighted by Crippen LogP contribution is -2.19. The summed E-state index contributed by atoms with van der Waals surface area (Å²) in [5, 5.41) is 10.8. The largest absolute Gasteiger partial charge is 0.497 e. The van der Waals surface area contributed by atoms with Gasteiger partial charge in [-0.05, 0) is 61.4 Å². The molecule has 0 fully saturated rings. The van der Waals surface area contributed by atoms with Gasteiger partial charge in [-0.25, -0.2) is 4.79 Å². The molecule has 3 aromatic rings. The number of esters is 1. The number of methoxy groups -OCH3 is 1. The number of benzene rings is 2. The number of carbonyl (C=O) groups excluding carboxylic acids is 2. The van der Waals surface area contributed by atoms with Crippen molar-refractivity contribution in [2.45, 2.75) is 25.9 Å². The van der Waals surface area contributed by atoms with Crippen LogP contribution in [0.1, 0.15) is 41.3 Å². The molecule has 0 radical (unpaired) electrons. The molecule has 1 N–H and O–H groups in total. The number of aryl methyl sites for hydroxylation is 1. The number of hydrogen-bond donors (Lipinski definition) is 1. The minimum absolute atomic E-state index is 0.0227. The quantitative estimate of drug-likeness (QED) is 0.661. The van der Waals surface area contributed by atoms with Crippen LogP contribution in [0.15, 0.2) is 46.9 Å². The highest BCUT2D eigenvalue weighted by Gasteiger charge is 2.22. The zero-order valence-corrected chi connectivity index (χ0v) is 16.0. The Morgan fingerprint density at radius 2 is 1.93 bits per heavy atom. The topological polar surface area (TPSA) is 104 Å². The monoisotopic (exact) mass is 393 g/mol. The van der Waals surface area contributed by atoms with Crippen LogP contribution >= 0.6 is 0 Å². The average molecular weight is 393 g/mol. The molecular weight excluding hydrogens is 374 g/mol. The van der Waals surface area contributed by atoms with Gasteiger partial charge in [-0.2, -0.15) is 0 Å². The summed E-state index contributed by atoms with van der Waals surface area (Å²) in [5.74, 6) is 0.733. The van der Waals surface area contributed by atoms with Gasteiger partial charge in [0.15, 0.2) is 6.10 Å². The summed E-state index contributed by atoms with van der Waals surface area (Å²) in [4.78, 5) is 24.0. The normalized spacial score (nSPS) is 13.9. The molecule has 2 heterocycles. The summed E-state index contributed by atoms with van der Waals surface area (Å²) < 4.78 is 16.3. The van der Waals surface area contributed by atoms with Crippen LogP contribution in [0.2, 0.25) is 0 Å². The molecule has 4 rings (SSSR count). The highest BCUT2D eigenvalue weighted by atomic mass is 16.6. The molecule has 0 saturated carbocycles. The number of hydrogen-bond acceptors (Lipinski definition) is 7. The molecule has 1 aromatic heterocycles. The molecule has 0 bridgehead atoms. The van der Waals surface area contributed by atoms with Gasteiger partial charge in [-0.1, -0.05) is 0 Å². The van der Waals surface area contributed by atoms with Crippen LogP contribution in [0.25, 0.3) is 11.5 Å². The van der Waals surface area contributed by atoms with Gasteiger partial charge in [-0.3, -0.25) is 4.79 Å². The third kappa shape index (κ3) is 3.96. The fourth-order valence-corrected chi connectivity index (χ4v) is 3.04. The fourth-order valence-electron chi connectivity index (χ4n) is 3.04. The van der Waals surface area contributed by atoms with Crippen LogP contribution in [-0.2, 0) is 16.0 Å². The van der Waals surface area contributed by atoms with Crippen molar-refractivity contribution in [2.24, 2.45) is 0 Å². The molecular formula is C21H19N3O5. The Morgan fingerprint density at radius 1 is 1.14 bits per heavy atom. The van der Waals surface area contributed by atoms with Crippen molar-refractivity contribution in [3.05, 3.63) is 59.5 Å². The number of nitrogens with one attached hydrogen (secondary N) is 1. The third-order valence-electron chi connectivity index (χ3n) is 4.65. The van der Waals surface area contributed by atoms with Gasteiger partial charge in [0, 0.05) is 17.7 Å². The van der Waals surface area contributed by atoms with Crippen molar-refractivity contribution in [3.8, 4) is 17.2 Å². The first kappa shape index (κ1) is 18.7. The Balaban J connectivity index is 1.45. The predicted molar refractivity (Wildman–Crippen MR) is 104 cm³/mol. The van der Waals surface area contributed by atoms with Gasteiger partial charge in [0.25, 0.3) is 5.89 Å². The number of nitrogens with zero attached hydrogens (tertiary/aromatic N) is 2. The Morgan fingerprint density at radius 3 is 2.69 bits per heavy atom. The Kier molecular flexibility index (Phi) is 4.99. The van der Waals surface area contributed by atoms with Gasteiger partial charge >= 0.3 is 5.97 Å². The van der Waals surface area contributed by atoms with Crippen molar-refractivity contribution in [1.82, 2.24) is 10.2 Å². The first-order valence-electron chi connectivity index (χ1n) is 9.15. The minimum Gasteiger partial charge on any atom is -0.497 e. The maximum absolute atomic E-state index is 12.5. The molecule has 29 heavy (non-hydrogen) atoms. The van der Waals surface area contributed by atoms with E-state index in [4.69, 9.17) is 13.9 Å². The number of rotatable bonds is 5. The van der Waals surface area contributed by atoms with Crippen LogP contribution in [0.5, 0.6) is 5.75 Å². The zero-order chi connectivity index (χ0) is 20.4. The summed E-state index contributed by atoms with van der Waals surface area (Å²) in [6, 6.07) is 12.3. The SMILES string of the molecule is COc1ccc(-c2nnc([C@@H](C)OC(=O)c3ccc4c(c3)CCC(=O)N4)o2)cc1. The van der Waals surface area contributed by atoms with Gasteiger partial charge in [0.1, 0.15) is 5.75 Å². The first-order chi connectivity index (χ1) is 14.0. The van der Waals surface area contributed by atoms with E-state index in [0.29, 0.717) is 24.3 Å². The molecule has 2 aromatic carbocycles. The fraction of sp³-hybridized carbons (Fsp3) is 0.238. The number of aromatic nitrogens is 2. The van der Waals surface area contributed by atoms with E-state index in [2.05, 4.69) is 15.5 Å². The van der Waals surface area contributed by atoms with E-state index in [1.54, 1.807) is 56.5 Å². The van der Waals surface area contributed by atoms with Gasteiger partial charge in [0.2, 0.25) is 11.8 Å². The van der Waals surface area contributed by atoms with Crippen LogP contribution < -0.4 is 10.1 Å². The van der Waals surface area contributed by atoms with E-state index in [1.807, 2.05) is 0 Å². The van der Waals surface area contributed by atoms with Crippen LogP contribution in [0.4, 0.5) is 5.69 Å². The van der Waals surface area contributed by atoms with Crippen molar-refractivity contribution >= 4 is 17.6 Å². The van der Waals surface area contributed by atoms with Crippen molar-refractivity contribution in [2.75, 3.05) is 12.4 Å². The van der Waals surface area contributed by atoms with Crippen LogP contribution in [0.3, 0.4) is 0 Å². The van der Waals surface area contributed by atoms with Crippen molar-refractivity contribution in [1.29, 1.82) is 0 Å². The molecule has 148 valence electrons. The van der Waals surface area contributed by atoms with E-state index in [1.165, 1.54) is 0 Å². The summed E-state index contributed by atoms with van der Waals surface area (Å²) in [5.41, 5.74) is 2.78. The van der Waals surface area contributed by atoms with Crippen LogP contribution in [0, 0.1) is 0 Å². The lowest BCUT2D eigenvalue weighted by atomic mass is 10.0. The van der Waals surface area contributed by atoms with Gasteiger partial charge in [-0.15, -0.1) is 10.2 Å². The first-order valence-corrected chi connectivity index (χ1v) is 9.15. The summed E-state index contributed by atoms with van der Waals surface area (Å²) in [6.07, 6.45) is 0.280. The molecule has 1 aliphatic heterocycles. The maximum Gasteiger partial charge on any atom is 0.338 e. The number of anilines is 1. The van der Waals surface area contributed by atoms with E-state index < -0.39 is 12.1 Å². The minimum atomic E-state index is -0.710. The second kappa shape index (κ2) is 7.75. The standard InChI is InChI=1S/C21H19N3O5/c1-12(19-23-24-20(29-19)13-3-7-16(27-2)8-4-13)28-21(26)15-5-9-17-14(11-15)6-10-18(25)22-17/h3-5,7-9,11-12H,6,10H2,1-2H3,(H,22,25)/t12-/m1/s1. The van der Waals surface area contributed by atoms with E-state index in [0.717, 1.165) is 22.6 Å². The summed E-state index contributed by atoms with van der Waals surface area (Å²) in [7, 11) is 1.59.